The summed E-state index contributed by atoms with van der Waals surface area (Å²) < 4.78 is 9.77. The molecule has 0 aliphatic heterocycles. The molecule has 0 saturated heterocycles. The van der Waals surface area contributed by atoms with E-state index in [9.17, 15) is 0 Å². The third kappa shape index (κ3) is 3.92. The molecular formula is C50H34N4. The van der Waals surface area contributed by atoms with E-state index in [-0.39, 0.29) is 0 Å². The highest BCUT2D eigenvalue weighted by Crippen LogP contribution is 2.41. The molecule has 8 aromatic carbocycles. The Morgan fingerprint density at radius 2 is 0.852 bits per heavy atom. The molecule has 54 heavy (non-hydrogen) atoms. The Hall–Kier alpha value is -7.04. The van der Waals surface area contributed by atoms with E-state index in [2.05, 4.69) is 201 Å². The molecule has 0 spiro atoms. The quantitative estimate of drug-likeness (QED) is 0.175. The van der Waals surface area contributed by atoms with Gasteiger partial charge in [0.25, 0.3) is 0 Å². The lowest BCUT2D eigenvalue weighted by atomic mass is 10.1. The Balaban J connectivity index is 1.09. The summed E-state index contributed by atoms with van der Waals surface area (Å²) in [6.07, 6.45) is 0. The summed E-state index contributed by atoms with van der Waals surface area (Å²) in [5.41, 5.74) is 13.5. The highest BCUT2D eigenvalue weighted by Gasteiger charge is 2.21. The normalized spacial score (nSPS) is 12.2. The van der Waals surface area contributed by atoms with Crippen LogP contribution in [0.5, 0.6) is 0 Å². The number of fused-ring (bicyclic) bond motifs is 12. The van der Waals surface area contributed by atoms with Crippen molar-refractivity contribution in [2.75, 3.05) is 0 Å². The predicted molar refractivity (Wildman–Crippen MR) is 228 cm³/mol. The first-order valence-electron chi connectivity index (χ1n) is 18.7. The van der Waals surface area contributed by atoms with Gasteiger partial charge in [-0.3, -0.25) is 0 Å². The summed E-state index contributed by atoms with van der Waals surface area (Å²) in [6.45, 7) is 0.744. The Morgan fingerprint density at radius 3 is 1.56 bits per heavy atom. The molecule has 0 amide bonds. The highest BCUT2D eigenvalue weighted by molar-refractivity contribution is 6.17. The molecule has 254 valence electrons. The standard InChI is InChI=1S/C50H34N4/c1-51-40-20-7-2-15-34(40)37-29-28-33(30-48(37)51)53-44-24-11-6-19-39(44)49-32(14-12-26-46(49)53)31-52-41-21-8-5-18-38(41)50-45(52)25-13-27-47(50)54-42-22-9-3-16-35(42)36-17-4-10-23-43(36)54/h2-30H,31H2,1H3. The maximum Gasteiger partial charge on any atom is 0.0562 e. The summed E-state index contributed by atoms with van der Waals surface area (Å²) in [4.78, 5) is 0. The largest absolute Gasteiger partial charge is 0.344 e. The molecule has 12 rings (SSSR count). The average Bonchev–Trinajstić information content (AvgIpc) is 3.94. The fourth-order valence-corrected chi connectivity index (χ4v) is 9.58. The van der Waals surface area contributed by atoms with Crippen molar-refractivity contribution in [1.82, 2.24) is 18.3 Å². The monoisotopic (exact) mass is 690 g/mol. The van der Waals surface area contributed by atoms with Crippen molar-refractivity contribution >= 4 is 87.2 Å². The topological polar surface area (TPSA) is 19.7 Å². The maximum absolute atomic E-state index is 2.53. The van der Waals surface area contributed by atoms with Crippen LogP contribution in [0.1, 0.15) is 5.56 Å². The van der Waals surface area contributed by atoms with Gasteiger partial charge in [0.1, 0.15) is 0 Å². The second-order valence-corrected chi connectivity index (χ2v) is 14.6. The molecule has 0 aliphatic rings. The summed E-state index contributed by atoms with van der Waals surface area (Å²) in [5, 5.41) is 10.2. The van der Waals surface area contributed by atoms with Crippen LogP contribution in [0.2, 0.25) is 0 Å². The van der Waals surface area contributed by atoms with Gasteiger partial charge >= 0.3 is 0 Å². The van der Waals surface area contributed by atoms with Crippen LogP contribution in [0.3, 0.4) is 0 Å². The minimum absolute atomic E-state index is 0.744. The molecule has 0 aliphatic carbocycles. The zero-order valence-electron chi connectivity index (χ0n) is 29.7. The number of para-hydroxylation sites is 5. The minimum Gasteiger partial charge on any atom is -0.344 e. The maximum atomic E-state index is 2.53. The predicted octanol–water partition coefficient (Wildman–Crippen LogP) is 12.7. The molecule has 0 radical (unpaired) electrons. The van der Waals surface area contributed by atoms with Crippen LogP contribution in [0.4, 0.5) is 0 Å². The van der Waals surface area contributed by atoms with E-state index in [0.717, 1.165) is 6.54 Å². The van der Waals surface area contributed by atoms with Crippen molar-refractivity contribution < 1.29 is 0 Å². The van der Waals surface area contributed by atoms with Crippen molar-refractivity contribution in [3.8, 4) is 11.4 Å². The molecule has 0 saturated carbocycles. The Morgan fingerprint density at radius 1 is 0.352 bits per heavy atom. The SMILES string of the molecule is Cn1c2ccccc2c2ccc(-n3c4ccccc4c4c(Cn5c6ccccc6c6c(-n7c8ccccc8c8ccccc87)cccc65)cccc43)cc21. The lowest BCUT2D eigenvalue weighted by Crippen LogP contribution is -2.01. The van der Waals surface area contributed by atoms with Gasteiger partial charge in [0.15, 0.2) is 0 Å². The number of benzene rings is 8. The van der Waals surface area contributed by atoms with Gasteiger partial charge in [0.2, 0.25) is 0 Å². The second-order valence-electron chi connectivity index (χ2n) is 14.6. The zero-order chi connectivity index (χ0) is 35.5. The minimum atomic E-state index is 0.744. The third-order valence-electron chi connectivity index (χ3n) is 11.9. The van der Waals surface area contributed by atoms with Crippen LogP contribution >= 0.6 is 0 Å². The van der Waals surface area contributed by atoms with E-state index in [4.69, 9.17) is 0 Å². The van der Waals surface area contributed by atoms with Crippen LogP contribution < -0.4 is 0 Å². The summed E-state index contributed by atoms with van der Waals surface area (Å²) in [7, 11) is 2.18. The lowest BCUT2D eigenvalue weighted by molar-refractivity contribution is 0.876. The van der Waals surface area contributed by atoms with Gasteiger partial charge < -0.3 is 18.3 Å². The third-order valence-corrected chi connectivity index (χ3v) is 11.9. The smallest absolute Gasteiger partial charge is 0.0562 e. The molecule has 4 heterocycles. The molecule has 4 aromatic heterocycles. The molecule has 0 fully saturated rings. The second kappa shape index (κ2) is 11.0. The van der Waals surface area contributed by atoms with Crippen LogP contribution in [0.15, 0.2) is 176 Å². The Labute approximate surface area is 310 Å². The van der Waals surface area contributed by atoms with Gasteiger partial charge in [-0.05, 0) is 66.2 Å². The fourth-order valence-electron chi connectivity index (χ4n) is 9.58. The molecule has 4 heteroatoms. The first-order valence-corrected chi connectivity index (χ1v) is 18.7. The Bertz CT molecular complexity index is 3440. The van der Waals surface area contributed by atoms with Gasteiger partial charge in [-0.15, -0.1) is 0 Å². The molecule has 0 unspecified atom stereocenters. The molecule has 0 atom stereocenters. The summed E-state index contributed by atoms with van der Waals surface area (Å²) >= 11 is 0. The number of rotatable bonds is 4. The van der Waals surface area contributed by atoms with Crippen molar-refractivity contribution in [3.05, 3.63) is 181 Å². The number of aromatic nitrogens is 4. The van der Waals surface area contributed by atoms with Crippen molar-refractivity contribution in [3.63, 3.8) is 0 Å². The van der Waals surface area contributed by atoms with E-state index in [1.165, 1.54) is 104 Å². The first kappa shape index (κ1) is 29.5. The van der Waals surface area contributed by atoms with E-state index >= 15 is 0 Å². The number of hydrogen-bond acceptors (Lipinski definition) is 0. The number of aryl methyl sites for hydroxylation is 1. The van der Waals surface area contributed by atoms with Crippen molar-refractivity contribution in [2.45, 2.75) is 6.54 Å². The summed E-state index contributed by atoms with van der Waals surface area (Å²) in [5.74, 6) is 0. The summed E-state index contributed by atoms with van der Waals surface area (Å²) in [6, 6.07) is 64.7. The van der Waals surface area contributed by atoms with E-state index < -0.39 is 0 Å². The van der Waals surface area contributed by atoms with E-state index in [0.29, 0.717) is 0 Å². The molecular weight excluding hydrogens is 657 g/mol. The van der Waals surface area contributed by atoms with Gasteiger partial charge in [0.05, 0.1) is 38.8 Å². The van der Waals surface area contributed by atoms with Gasteiger partial charge in [-0.25, -0.2) is 0 Å². The van der Waals surface area contributed by atoms with E-state index in [1.54, 1.807) is 0 Å². The number of hydrogen-bond donors (Lipinski definition) is 0. The van der Waals surface area contributed by atoms with Crippen LogP contribution in [0.25, 0.3) is 98.6 Å². The fraction of sp³-hybridized carbons (Fsp3) is 0.0400. The Kier molecular flexibility index (Phi) is 6.01. The van der Waals surface area contributed by atoms with Crippen LogP contribution in [-0.4, -0.2) is 18.3 Å². The van der Waals surface area contributed by atoms with Gasteiger partial charge in [-0.1, -0.05) is 115 Å². The van der Waals surface area contributed by atoms with Gasteiger partial charge in [-0.2, -0.15) is 0 Å². The average molecular weight is 691 g/mol. The number of nitrogens with zero attached hydrogens (tertiary/aromatic N) is 4. The van der Waals surface area contributed by atoms with Crippen LogP contribution in [0, 0.1) is 0 Å². The lowest BCUT2D eigenvalue weighted by Gasteiger charge is -2.13. The molecule has 4 nitrogen and oxygen atoms in total. The molecule has 0 bridgehead atoms. The van der Waals surface area contributed by atoms with Gasteiger partial charge in [0, 0.05) is 73.4 Å². The molecule has 0 N–H and O–H groups in total. The highest BCUT2D eigenvalue weighted by atomic mass is 15.0. The van der Waals surface area contributed by atoms with E-state index in [1.807, 2.05) is 0 Å². The zero-order valence-corrected chi connectivity index (χ0v) is 29.7. The van der Waals surface area contributed by atoms with Crippen molar-refractivity contribution in [1.29, 1.82) is 0 Å². The molecule has 12 aromatic rings. The van der Waals surface area contributed by atoms with Crippen molar-refractivity contribution in [2.24, 2.45) is 7.05 Å². The first-order chi connectivity index (χ1) is 26.7. The van der Waals surface area contributed by atoms with Crippen LogP contribution in [-0.2, 0) is 13.6 Å².